The van der Waals surface area contributed by atoms with Crippen molar-refractivity contribution < 1.29 is 9.84 Å². The lowest BCUT2D eigenvalue weighted by molar-refractivity contribution is 0.0344. The molecule has 1 rings (SSSR count). The fourth-order valence-corrected chi connectivity index (χ4v) is 2.20. The van der Waals surface area contributed by atoms with Crippen molar-refractivity contribution in [1.29, 1.82) is 0 Å². The normalized spacial score (nSPS) is 12.8. The minimum absolute atomic E-state index is 0.398. The Kier molecular flexibility index (Phi) is 8.56. The van der Waals surface area contributed by atoms with Crippen LogP contribution in [0.25, 0.3) is 0 Å². The van der Waals surface area contributed by atoms with E-state index in [2.05, 4.69) is 32.9 Å². The molecule has 2 nitrogen and oxygen atoms in total. The summed E-state index contributed by atoms with van der Waals surface area (Å²) < 4.78 is 5.56. The van der Waals surface area contributed by atoms with Gasteiger partial charge in [0.25, 0.3) is 0 Å². The second kappa shape index (κ2) is 9.95. The summed E-state index contributed by atoms with van der Waals surface area (Å²) in [5, 5.41) is 10.1. The van der Waals surface area contributed by atoms with Crippen LogP contribution in [0.3, 0.4) is 0 Å². The van der Waals surface area contributed by atoms with E-state index in [1.165, 1.54) is 31.2 Å². The van der Waals surface area contributed by atoms with E-state index in [1.807, 2.05) is 12.1 Å². The van der Waals surface area contributed by atoms with E-state index in [0.717, 1.165) is 18.6 Å². The van der Waals surface area contributed by atoms with Crippen LogP contribution in [0, 0.1) is 0 Å². The number of hydrogen-bond donors (Lipinski definition) is 1. The van der Waals surface area contributed by atoms with Gasteiger partial charge in [0.2, 0.25) is 0 Å². The summed E-state index contributed by atoms with van der Waals surface area (Å²) in [5.74, 6) is 0.528. The van der Waals surface area contributed by atoms with Crippen LogP contribution in [0.4, 0.5) is 0 Å². The van der Waals surface area contributed by atoms with Gasteiger partial charge in [-0.3, -0.25) is 0 Å². The van der Waals surface area contributed by atoms with Crippen molar-refractivity contribution in [3.8, 4) is 0 Å². The summed E-state index contributed by atoms with van der Waals surface area (Å²) >= 11 is 0. The number of rotatable bonds is 10. The first-order chi connectivity index (χ1) is 9.65. The van der Waals surface area contributed by atoms with E-state index in [1.54, 1.807) is 0 Å². The first-order valence-electron chi connectivity index (χ1n) is 8.00. The quantitative estimate of drug-likeness (QED) is 0.621. The molecule has 0 saturated heterocycles. The number of unbranched alkanes of at least 4 members (excludes halogenated alkanes) is 4. The van der Waals surface area contributed by atoms with Crippen molar-refractivity contribution in [1.82, 2.24) is 0 Å². The fourth-order valence-electron chi connectivity index (χ4n) is 2.20. The molecule has 114 valence electrons. The fraction of sp³-hybridized carbons (Fsp3) is 0.667. The van der Waals surface area contributed by atoms with Crippen LogP contribution in [-0.2, 0) is 4.74 Å². The molecule has 1 aromatic carbocycles. The summed E-state index contributed by atoms with van der Waals surface area (Å²) in [6.45, 7) is 7.72. The summed E-state index contributed by atoms with van der Waals surface area (Å²) in [6.07, 6.45) is 5.69. The molecule has 0 amide bonds. The van der Waals surface area contributed by atoms with Crippen molar-refractivity contribution >= 4 is 0 Å². The van der Waals surface area contributed by atoms with Gasteiger partial charge in [-0.2, -0.15) is 0 Å². The van der Waals surface area contributed by atoms with E-state index in [4.69, 9.17) is 4.74 Å². The molecule has 0 fully saturated rings. The Hall–Kier alpha value is -0.860. The van der Waals surface area contributed by atoms with Gasteiger partial charge >= 0.3 is 0 Å². The third-order valence-corrected chi connectivity index (χ3v) is 3.66. The van der Waals surface area contributed by atoms with Crippen LogP contribution in [-0.4, -0.2) is 18.3 Å². The summed E-state index contributed by atoms with van der Waals surface area (Å²) in [7, 11) is 0. The lowest BCUT2D eigenvalue weighted by Gasteiger charge is -2.13. The largest absolute Gasteiger partial charge is 0.386 e. The predicted octanol–water partition coefficient (Wildman–Crippen LogP) is 4.83. The molecule has 0 saturated carbocycles. The maximum atomic E-state index is 10.1. The Morgan fingerprint density at radius 2 is 1.55 bits per heavy atom. The molecule has 0 aromatic heterocycles. The minimum atomic E-state index is -0.508. The molecule has 2 heteroatoms. The van der Waals surface area contributed by atoms with Crippen molar-refractivity contribution in [2.45, 2.75) is 64.9 Å². The molecular formula is C18H30O2. The average molecular weight is 278 g/mol. The Morgan fingerprint density at radius 3 is 2.15 bits per heavy atom. The topological polar surface area (TPSA) is 29.5 Å². The predicted molar refractivity (Wildman–Crippen MR) is 85.1 cm³/mol. The van der Waals surface area contributed by atoms with Crippen LogP contribution in [0.2, 0.25) is 0 Å². The van der Waals surface area contributed by atoms with E-state index in [9.17, 15) is 5.11 Å². The van der Waals surface area contributed by atoms with Gasteiger partial charge in [0.1, 0.15) is 6.10 Å². The van der Waals surface area contributed by atoms with Gasteiger partial charge in [-0.15, -0.1) is 0 Å². The van der Waals surface area contributed by atoms with E-state index in [-0.39, 0.29) is 0 Å². The molecule has 0 heterocycles. The number of aliphatic hydroxyl groups excluding tert-OH is 1. The van der Waals surface area contributed by atoms with Crippen molar-refractivity contribution in [3.63, 3.8) is 0 Å². The Bertz CT molecular complexity index is 343. The lowest BCUT2D eigenvalue weighted by atomic mass is 10.0. The second-order valence-corrected chi connectivity index (χ2v) is 5.83. The molecule has 0 spiro atoms. The maximum absolute atomic E-state index is 10.1. The highest BCUT2D eigenvalue weighted by Crippen LogP contribution is 2.19. The first kappa shape index (κ1) is 17.2. The molecule has 20 heavy (non-hydrogen) atoms. The molecule has 0 aliphatic heterocycles. The Morgan fingerprint density at radius 1 is 0.950 bits per heavy atom. The number of ether oxygens (including phenoxy) is 1. The third kappa shape index (κ3) is 6.53. The van der Waals surface area contributed by atoms with E-state index >= 15 is 0 Å². The smallest absolute Gasteiger partial charge is 0.102 e. The summed E-state index contributed by atoms with van der Waals surface area (Å²) in [5.41, 5.74) is 2.25. The standard InChI is InChI=1S/C18H30O2/c1-4-5-6-7-8-13-20-14-18(19)17-11-9-16(10-12-17)15(2)3/h9-12,15,18-19H,4-8,13-14H2,1-3H3. The van der Waals surface area contributed by atoms with Crippen molar-refractivity contribution in [2.75, 3.05) is 13.2 Å². The van der Waals surface area contributed by atoms with E-state index in [0.29, 0.717) is 12.5 Å². The summed E-state index contributed by atoms with van der Waals surface area (Å²) in [6, 6.07) is 8.19. The molecule has 0 aliphatic rings. The van der Waals surface area contributed by atoms with Crippen molar-refractivity contribution in [3.05, 3.63) is 35.4 Å². The van der Waals surface area contributed by atoms with Crippen molar-refractivity contribution in [2.24, 2.45) is 0 Å². The Balaban J connectivity index is 2.20. The third-order valence-electron chi connectivity index (χ3n) is 3.66. The van der Waals surface area contributed by atoms with Gasteiger partial charge in [-0.1, -0.05) is 70.7 Å². The average Bonchev–Trinajstić information content (AvgIpc) is 2.46. The van der Waals surface area contributed by atoms with Gasteiger partial charge in [-0.05, 0) is 23.5 Å². The SMILES string of the molecule is CCCCCCCOCC(O)c1ccc(C(C)C)cc1. The highest BCUT2D eigenvalue weighted by atomic mass is 16.5. The molecule has 1 N–H and O–H groups in total. The van der Waals surface area contributed by atoms with Crippen LogP contribution < -0.4 is 0 Å². The highest BCUT2D eigenvalue weighted by molar-refractivity contribution is 5.26. The number of benzene rings is 1. The zero-order valence-electron chi connectivity index (χ0n) is 13.3. The van der Waals surface area contributed by atoms with Gasteiger partial charge < -0.3 is 9.84 Å². The number of aliphatic hydroxyl groups is 1. The maximum Gasteiger partial charge on any atom is 0.102 e. The zero-order valence-corrected chi connectivity index (χ0v) is 13.3. The second-order valence-electron chi connectivity index (χ2n) is 5.83. The van der Waals surface area contributed by atoms with Gasteiger partial charge in [0, 0.05) is 6.61 Å². The molecule has 1 atom stereocenters. The molecule has 1 aromatic rings. The van der Waals surface area contributed by atoms with Crippen LogP contribution in [0.15, 0.2) is 24.3 Å². The van der Waals surface area contributed by atoms with Gasteiger partial charge in [0.05, 0.1) is 6.61 Å². The molecule has 0 radical (unpaired) electrons. The monoisotopic (exact) mass is 278 g/mol. The van der Waals surface area contributed by atoms with Crippen LogP contribution >= 0.6 is 0 Å². The zero-order chi connectivity index (χ0) is 14.8. The van der Waals surface area contributed by atoms with Gasteiger partial charge in [-0.25, -0.2) is 0 Å². The summed E-state index contributed by atoms with van der Waals surface area (Å²) in [4.78, 5) is 0. The Labute approximate surface area is 124 Å². The van der Waals surface area contributed by atoms with E-state index < -0.39 is 6.10 Å². The molecular weight excluding hydrogens is 248 g/mol. The van der Waals surface area contributed by atoms with Gasteiger partial charge in [0.15, 0.2) is 0 Å². The molecule has 1 unspecified atom stereocenters. The molecule has 0 aliphatic carbocycles. The highest BCUT2D eigenvalue weighted by Gasteiger charge is 2.08. The number of hydrogen-bond acceptors (Lipinski definition) is 2. The van der Waals surface area contributed by atoms with Crippen LogP contribution in [0.1, 0.15) is 76.0 Å². The van der Waals surface area contributed by atoms with Crippen LogP contribution in [0.5, 0.6) is 0 Å². The first-order valence-corrected chi connectivity index (χ1v) is 8.00. The molecule has 0 bridgehead atoms. The minimum Gasteiger partial charge on any atom is -0.386 e. The lowest BCUT2D eigenvalue weighted by Crippen LogP contribution is -2.08.